The topological polar surface area (TPSA) is 50.9 Å². The molecule has 0 aliphatic rings. The first-order valence-electron chi connectivity index (χ1n) is 7.14. The van der Waals surface area contributed by atoms with E-state index in [2.05, 4.69) is 53.7 Å². The third-order valence-electron chi connectivity index (χ3n) is 3.92. The molecule has 0 amide bonds. The van der Waals surface area contributed by atoms with E-state index in [4.69, 9.17) is 5.84 Å². The molecule has 3 nitrogen and oxygen atoms in total. The van der Waals surface area contributed by atoms with E-state index in [0.717, 1.165) is 17.5 Å². The number of nitrogens with zero attached hydrogens (tertiary/aromatic N) is 1. The van der Waals surface area contributed by atoms with Gasteiger partial charge >= 0.3 is 0 Å². The molecule has 0 fully saturated rings. The molecule has 0 bridgehead atoms. The van der Waals surface area contributed by atoms with E-state index in [1.165, 1.54) is 16.5 Å². The number of nitrogens with two attached hydrogens (primary N) is 1. The Hall–Kier alpha value is -2.23. The molecule has 3 rings (SSSR count). The summed E-state index contributed by atoms with van der Waals surface area (Å²) in [4.78, 5) is 4.56. The number of hydrazine groups is 1. The molecule has 1 unspecified atom stereocenters. The van der Waals surface area contributed by atoms with Crippen LogP contribution in [-0.2, 0) is 6.42 Å². The molecule has 0 aliphatic heterocycles. The molecule has 0 saturated carbocycles. The molecular formula is C18H19N3. The van der Waals surface area contributed by atoms with Gasteiger partial charge in [-0.3, -0.25) is 16.3 Å². The summed E-state index contributed by atoms with van der Waals surface area (Å²) < 4.78 is 0. The molecule has 1 atom stereocenters. The zero-order valence-corrected chi connectivity index (χ0v) is 12.1. The van der Waals surface area contributed by atoms with E-state index in [-0.39, 0.29) is 6.04 Å². The van der Waals surface area contributed by atoms with Crippen molar-refractivity contribution in [2.45, 2.75) is 19.4 Å². The van der Waals surface area contributed by atoms with Crippen LogP contribution < -0.4 is 11.3 Å². The molecule has 0 spiro atoms. The van der Waals surface area contributed by atoms with Gasteiger partial charge in [-0.25, -0.2) is 0 Å². The number of hydrogen-bond acceptors (Lipinski definition) is 3. The van der Waals surface area contributed by atoms with Crippen LogP contribution in [0.15, 0.2) is 60.8 Å². The monoisotopic (exact) mass is 277 g/mol. The van der Waals surface area contributed by atoms with Gasteiger partial charge in [-0.1, -0.05) is 48.5 Å². The number of pyridine rings is 1. The third kappa shape index (κ3) is 2.79. The van der Waals surface area contributed by atoms with Gasteiger partial charge in [-0.15, -0.1) is 0 Å². The Bertz CT molecular complexity index is 747. The fraction of sp³-hybridized carbons (Fsp3) is 0.167. The summed E-state index contributed by atoms with van der Waals surface area (Å²) in [5.74, 6) is 5.80. The number of rotatable bonds is 4. The summed E-state index contributed by atoms with van der Waals surface area (Å²) >= 11 is 0. The number of aromatic nitrogens is 1. The highest BCUT2D eigenvalue weighted by Gasteiger charge is 2.15. The second kappa shape index (κ2) is 6.04. The summed E-state index contributed by atoms with van der Waals surface area (Å²) in [7, 11) is 0. The van der Waals surface area contributed by atoms with Crippen molar-refractivity contribution in [1.82, 2.24) is 10.4 Å². The van der Waals surface area contributed by atoms with Gasteiger partial charge in [-0.2, -0.15) is 0 Å². The van der Waals surface area contributed by atoms with Gasteiger partial charge in [0.25, 0.3) is 0 Å². The van der Waals surface area contributed by atoms with Crippen LogP contribution >= 0.6 is 0 Å². The van der Waals surface area contributed by atoms with Crippen LogP contribution in [0, 0.1) is 6.92 Å². The zero-order valence-electron chi connectivity index (χ0n) is 12.1. The molecule has 3 N–H and O–H groups in total. The summed E-state index contributed by atoms with van der Waals surface area (Å²) in [6, 6.07) is 18.7. The number of aryl methyl sites for hydroxylation is 1. The largest absolute Gasteiger partial charge is 0.271 e. The Morgan fingerprint density at radius 2 is 1.81 bits per heavy atom. The van der Waals surface area contributed by atoms with Gasteiger partial charge in [-0.05, 0) is 35.9 Å². The Kier molecular flexibility index (Phi) is 3.95. The maximum absolute atomic E-state index is 5.80. The molecule has 106 valence electrons. The summed E-state index contributed by atoms with van der Waals surface area (Å²) in [6.45, 7) is 2.12. The van der Waals surface area contributed by atoms with Crippen LogP contribution in [-0.4, -0.2) is 4.98 Å². The highest BCUT2D eigenvalue weighted by Crippen LogP contribution is 2.25. The van der Waals surface area contributed by atoms with Gasteiger partial charge in [0.15, 0.2) is 0 Å². The predicted molar refractivity (Wildman–Crippen MR) is 86.7 cm³/mol. The van der Waals surface area contributed by atoms with E-state index >= 15 is 0 Å². The van der Waals surface area contributed by atoms with E-state index in [0.29, 0.717) is 0 Å². The van der Waals surface area contributed by atoms with Gasteiger partial charge < -0.3 is 0 Å². The SMILES string of the molecule is Cc1ccccc1CC(NN)c1nccc2ccccc12. The van der Waals surface area contributed by atoms with Crippen molar-refractivity contribution in [2.24, 2.45) is 5.84 Å². The van der Waals surface area contributed by atoms with Crippen molar-refractivity contribution in [2.75, 3.05) is 0 Å². The second-order valence-electron chi connectivity index (χ2n) is 5.27. The molecule has 3 aromatic rings. The predicted octanol–water partition coefficient (Wildman–Crippen LogP) is 3.29. The van der Waals surface area contributed by atoms with E-state index < -0.39 is 0 Å². The first-order chi connectivity index (χ1) is 10.3. The lowest BCUT2D eigenvalue weighted by Gasteiger charge is -2.18. The van der Waals surface area contributed by atoms with Crippen molar-refractivity contribution in [3.63, 3.8) is 0 Å². The van der Waals surface area contributed by atoms with Crippen molar-refractivity contribution in [1.29, 1.82) is 0 Å². The molecular weight excluding hydrogens is 258 g/mol. The molecule has 0 aliphatic carbocycles. The lowest BCUT2D eigenvalue weighted by Crippen LogP contribution is -2.30. The van der Waals surface area contributed by atoms with E-state index in [1.807, 2.05) is 24.4 Å². The molecule has 2 aromatic carbocycles. The Labute approximate surface area is 124 Å². The maximum Gasteiger partial charge on any atom is 0.0678 e. The first-order valence-corrected chi connectivity index (χ1v) is 7.14. The normalized spacial score (nSPS) is 12.5. The summed E-state index contributed by atoms with van der Waals surface area (Å²) in [6.07, 6.45) is 2.67. The average Bonchev–Trinajstić information content (AvgIpc) is 2.54. The fourth-order valence-electron chi connectivity index (χ4n) is 2.71. The third-order valence-corrected chi connectivity index (χ3v) is 3.92. The highest BCUT2D eigenvalue weighted by atomic mass is 15.2. The Morgan fingerprint density at radius 3 is 2.62 bits per heavy atom. The van der Waals surface area contributed by atoms with Crippen molar-refractivity contribution in [3.8, 4) is 0 Å². The van der Waals surface area contributed by atoms with Gasteiger partial charge in [0.05, 0.1) is 11.7 Å². The molecule has 1 heterocycles. The Balaban J connectivity index is 2.01. The van der Waals surface area contributed by atoms with E-state index in [9.17, 15) is 0 Å². The molecule has 0 radical (unpaired) electrons. The summed E-state index contributed by atoms with van der Waals surface area (Å²) in [5.41, 5.74) is 6.49. The van der Waals surface area contributed by atoms with Crippen LogP contribution in [0.2, 0.25) is 0 Å². The molecule has 0 saturated heterocycles. The zero-order chi connectivity index (χ0) is 14.7. The standard InChI is InChI=1S/C18H19N3/c1-13-6-2-3-8-15(13)12-17(21-19)18-16-9-5-4-7-14(16)10-11-20-18/h2-11,17,21H,12,19H2,1H3. The van der Waals surface area contributed by atoms with Gasteiger partial charge in [0.1, 0.15) is 0 Å². The highest BCUT2D eigenvalue weighted by molar-refractivity contribution is 5.84. The number of benzene rings is 2. The Morgan fingerprint density at radius 1 is 1.05 bits per heavy atom. The number of nitrogens with one attached hydrogen (secondary N) is 1. The van der Waals surface area contributed by atoms with Crippen LogP contribution in [0.5, 0.6) is 0 Å². The molecule has 21 heavy (non-hydrogen) atoms. The van der Waals surface area contributed by atoms with Crippen LogP contribution in [0.4, 0.5) is 0 Å². The minimum absolute atomic E-state index is 0.00259. The number of fused-ring (bicyclic) bond motifs is 1. The molecule has 3 heteroatoms. The van der Waals surface area contributed by atoms with Crippen molar-refractivity contribution in [3.05, 3.63) is 77.6 Å². The minimum atomic E-state index is -0.00259. The lowest BCUT2D eigenvalue weighted by molar-refractivity contribution is 0.541. The summed E-state index contributed by atoms with van der Waals surface area (Å²) in [5, 5.41) is 2.34. The maximum atomic E-state index is 5.80. The van der Waals surface area contributed by atoms with Gasteiger partial charge in [0, 0.05) is 11.6 Å². The first kappa shape index (κ1) is 13.7. The van der Waals surface area contributed by atoms with Crippen LogP contribution in [0.3, 0.4) is 0 Å². The lowest BCUT2D eigenvalue weighted by atomic mass is 9.97. The van der Waals surface area contributed by atoms with Gasteiger partial charge in [0.2, 0.25) is 0 Å². The average molecular weight is 277 g/mol. The van der Waals surface area contributed by atoms with Crippen molar-refractivity contribution >= 4 is 10.8 Å². The van der Waals surface area contributed by atoms with Crippen molar-refractivity contribution < 1.29 is 0 Å². The smallest absolute Gasteiger partial charge is 0.0678 e. The second-order valence-corrected chi connectivity index (χ2v) is 5.27. The van der Waals surface area contributed by atoms with E-state index in [1.54, 1.807) is 0 Å². The quantitative estimate of drug-likeness (QED) is 0.568. The number of hydrogen-bond donors (Lipinski definition) is 2. The van der Waals surface area contributed by atoms with Crippen LogP contribution in [0.25, 0.3) is 10.8 Å². The minimum Gasteiger partial charge on any atom is -0.271 e. The molecule has 1 aromatic heterocycles. The van der Waals surface area contributed by atoms with Crippen LogP contribution in [0.1, 0.15) is 22.9 Å². The fourth-order valence-corrected chi connectivity index (χ4v) is 2.71.